The first-order valence-corrected chi connectivity index (χ1v) is 8.23. The highest BCUT2D eigenvalue weighted by Gasteiger charge is 2.47. The van der Waals surface area contributed by atoms with Gasteiger partial charge in [0.2, 0.25) is 5.67 Å². The van der Waals surface area contributed by atoms with Gasteiger partial charge in [-0.3, -0.25) is 4.79 Å². The maximum Gasteiger partial charge on any atom is 0.259 e. The summed E-state index contributed by atoms with van der Waals surface area (Å²) in [5.74, 6) is 0.392. The van der Waals surface area contributed by atoms with Gasteiger partial charge in [0.05, 0.1) is 6.54 Å². The third-order valence-corrected chi connectivity index (χ3v) is 4.94. The summed E-state index contributed by atoms with van der Waals surface area (Å²) in [5, 5.41) is 2.80. The van der Waals surface area contributed by atoms with Crippen LogP contribution in [-0.4, -0.2) is 40.7 Å². The van der Waals surface area contributed by atoms with Crippen molar-refractivity contribution in [3.8, 4) is 0 Å². The standard InChI is InChI=1S/C16H21FN4O/c17-16(15(22)20-11-5-6-11)7-8-21(9-16)14-12-3-1-2-4-13(12)18-10-19-14/h10-11H,1-9H2,(H,20,22). The molecule has 1 saturated heterocycles. The van der Waals surface area contributed by atoms with E-state index in [0.29, 0.717) is 6.54 Å². The number of aryl methyl sites for hydroxylation is 1. The first-order chi connectivity index (χ1) is 10.7. The fourth-order valence-electron chi connectivity index (χ4n) is 3.46. The number of nitrogens with zero attached hydrogens (tertiary/aromatic N) is 3. The van der Waals surface area contributed by atoms with Crippen LogP contribution in [0.3, 0.4) is 0 Å². The minimum absolute atomic E-state index is 0.106. The summed E-state index contributed by atoms with van der Waals surface area (Å²) >= 11 is 0. The molecule has 0 bridgehead atoms. The number of rotatable bonds is 3. The molecule has 1 aliphatic heterocycles. The molecular formula is C16H21FN4O. The zero-order valence-electron chi connectivity index (χ0n) is 12.6. The van der Waals surface area contributed by atoms with Gasteiger partial charge in [-0.1, -0.05) is 0 Å². The second-order valence-corrected chi connectivity index (χ2v) is 6.71. The van der Waals surface area contributed by atoms with Gasteiger partial charge >= 0.3 is 0 Å². The number of amides is 1. The topological polar surface area (TPSA) is 58.1 Å². The minimum atomic E-state index is -1.78. The van der Waals surface area contributed by atoms with Crippen molar-refractivity contribution in [2.45, 2.75) is 56.7 Å². The normalized spacial score (nSPS) is 27.6. The van der Waals surface area contributed by atoms with Gasteiger partial charge < -0.3 is 10.2 Å². The number of fused-ring (bicyclic) bond motifs is 1. The van der Waals surface area contributed by atoms with Crippen molar-refractivity contribution in [3.05, 3.63) is 17.6 Å². The van der Waals surface area contributed by atoms with Gasteiger partial charge in [0.25, 0.3) is 5.91 Å². The second kappa shape index (κ2) is 5.18. The number of halogens is 1. The van der Waals surface area contributed by atoms with E-state index in [4.69, 9.17) is 0 Å². The lowest BCUT2D eigenvalue weighted by molar-refractivity contribution is -0.131. The zero-order valence-corrected chi connectivity index (χ0v) is 12.6. The number of aromatic nitrogens is 2. The third kappa shape index (κ3) is 2.44. The van der Waals surface area contributed by atoms with Crippen molar-refractivity contribution >= 4 is 11.7 Å². The molecule has 6 heteroatoms. The van der Waals surface area contributed by atoms with E-state index in [-0.39, 0.29) is 19.0 Å². The van der Waals surface area contributed by atoms with Crippen molar-refractivity contribution in [2.24, 2.45) is 0 Å². The highest BCUT2D eigenvalue weighted by molar-refractivity contribution is 5.87. The number of anilines is 1. The Morgan fingerprint density at radius 3 is 2.95 bits per heavy atom. The van der Waals surface area contributed by atoms with Gasteiger partial charge in [0.15, 0.2) is 0 Å². The largest absolute Gasteiger partial charge is 0.352 e. The molecule has 1 saturated carbocycles. The predicted octanol–water partition coefficient (Wildman–Crippen LogP) is 1.55. The molecule has 0 radical (unpaired) electrons. The quantitative estimate of drug-likeness (QED) is 0.920. The monoisotopic (exact) mass is 304 g/mol. The third-order valence-electron chi connectivity index (χ3n) is 4.94. The Morgan fingerprint density at radius 1 is 1.32 bits per heavy atom. The lowest BCUT2D eigenvalue weighted by atomic mass is 9.96. The van der Waals surface area contributed by atoms with Gasteiger partial charge in [0.1, 0.15) is 12.1 Å². The van der Waals surface area contributed by atoms with Crippen molar-refractivity contribution in [1.29, 1.82) is 0 Å². The van der Waals surface area contributed by atoms with Crippen LogP contribution >= 0.6 is 0 Å². The Hall–Kier alpha value is -1.72. The molecule has 1 aromatic heterocycles. The maximum atomic E-state index is 15.0. The van der Waals surface area contributed by atoms with Crippen LogP contribution in [-0.2, 0) is 17.6 Å². The predicted molar refractivity (Wildman–Crippen MR) is 80.5 cm³/mol. The number of carbonyl (C=O) groups excluding carboxylic acids is 1. The van der Waals surface area contributed by atoms with E-state index in [1.165, 1.54) is 0 Å². The maximum absolute atomic E-state index is 15.0. The first kappa shape index (κ1) is 13.9. The van der Waals surface area contributed by atoms with Gasteiger partial charge in [-0.2, -0.15) is 0 Å². The van der Waals surface area contributed by atoms with Gasteiger partial charge in [0, 0.05) is 30.3 Å². The number of hydrogen-bond donors (Lipinski definition) is 1. The molecule has 1 N–H and O–H groups in total. The van der Waals surface area contributed by atoms with Crippen molar-refractivity contribution in [2.75, 3.05) is 18.0 Å². The van der Waals surface area contributed by atoms with Crippen molar-refractivity contribution < 1.29 is 9.18 Å². The highest BCUT2D eigenvalue weighted by Crippen LogP contribution is 2.34. The summed E-state index contributed by atoms with van der Waals surface area (Å²) in [6, 6.07) is 0.195. The van der Waals surface area contributed by atoms with Crippen LogP contribution in [0.4, 0.5) is 10.2 Å². The molecule has 1 aromatic rings. The van der Waals surface area contributed by atoms with E-state index in [1.807, 2.05) is 4.90 Å². The number of nitrogens with one attached hydrogen (secondary N) is 1. The molecule has 1 amide bonds. The molecule has 1 atom stereocenters. The van der Waals surface area contributed by atoms with E-state index in [1.54, 1.807) is 6.33 Å². The summed E-state index contributed by atoms with van der Waals surface area (Å²) in [5.41, 5.74) is 0.463. The average molecular weight is 304 g/mol. The fraction of sp³-hybridized carbons (Fsp3) is 0.688. The molecule has 3 aliphatic rings. The lowest BCUT2D eigenvalue weighted by Gasteiger charge is -2.25. The molecule has 2 heterocycles. The lowest BCUT2D eigenvalue weighted by Crippen LogP contribution is -2.46. The molecule has 2 aliphatic carbocycles. The van der Waals surface area contributed by atoms with Crippen LogP contribution in [0.15, 0.2) is 6.33 Å². The van der Waals surface area contributed by atoms with E-state index < -0.39 is 11.6 Å². The minimum Gasteiger partial charge on any atom is -0.352 e. The summed E-state index contributed by atoms with van der Waals surface area (Å²) in [6.07, 6.45) is 7.98. The molecule has 2 fully saturated rings. The summed E-state index contributed by atoms with van der Waals surface area (Å²) in [7, 11) is 0. The Labute approximate surface area is 129 Å². The molecule has 4 rings (SSSR count). The number of alkyl halides is 1. The molecule has 118 valence electrons. The summed E-state index contributed by atoms with van der Waals surface area (Å²) in [6.45, 7) is 0.646. The SMILES string of the molecule is O=C(NC1CC1)C1(F)CCN(c2ncnc3c2CCCC3)C1. The fourth-order valence-corrected chi connectivity index (χ4v) is 3.46. The van der Waals surface area contributed by atoms with Crippen LogP contribution in [0.1, 0.15) is 43.4 Å². The highest BCUT2D eigenvalue weighted by atomic mass is 19.1. The Kier molecular flexibility index (Phi) is 3.27. The Balaban J connectivity index is 1.54. The van der Waals surface area contributed by atoms with E-state index in [0.717, 1.165) is 55.6 Å². The van der Waals surface area contributed by atoms with Crippen molar-refractivity contribution in [1.82, 2.24) is 15.3 Å². The van der Waals surface area contributed by atoms with E-state index >= 15 is 0 Å². The molecule has 0 spiro atoms. The Morgan fingerprint density at radius 2 is 2.14 bits per heavy atom. The van der Waals surface area contributed by atoms with Crippen LogP contribution in [0.2, 0.25) is 0 Å². The van der Waals surface area contributed by atoms with E-state index in [2.05, 4.69) is 15.3 Å². The van der Waals surface area contributed by atoms with Crippen LogP contribution in [0.25, 0.3) is 0 Å². The molecule has 22 heavy (non-hydrogen) atoms. The second-order valence-electron chi connectivity index (χ2n) is 6.71. The van der Waals surface area contributed by atoms with Crippen molar-refractivity contribution in [3.63, 3.8) is 0 Å². The van der Waals surface area contributed by atoms with Gasteiger partial charge in [-0.25, -0.2) is 14.4 Å². The number of carbonyl (C=O) groups is 1. The first-order valence-electron chi connectivity index (χ1n) is 8.23. The summed E-state index contributed by atoms with van der Waals surface area (Å²) < 4.78 is 15.0. The molecule has 1 unspecified atom stereocenters. The summed E-state index contributed by atoms with van der Waals surface area (Å²) in [4.78, 5) is 22.8. The number of hydrogen-bond acceptors (Lipinski definition) is 4. The van der Waals surface area contributed by atoms with Gasteiger partial charge in [-0.15, -0.1) is 0 Å². The van der Waals surface area contributed by atoms with Crippen LogP contribution in [0, 0.1) is 0 Å². The Bertz CT molecular complexity index is 604. The smallest absolute Gasteiger partial charge is 0.259 e. The van der Waals surface area contributed by atoms with Crippen LogP contribution in [0.5, 0.6) is 0 Å². The van der Waals surface area contributed by atoms with Crippen LogP contribution < -0.4 is 10.2 Å². The van der Waals surface area contributed by atoms with Gasteiger partial charge in [-0.05, 0) is 38.5 Å². The zero-order chi connectivity index (χ0) is 15.2. The average Bonchev–Trinajstić information content (AvgIpc) is 3.26. The molecule has 5 nitrogen and oxygen atoms in total. The molecular weight excluding hydrogens is 283 g/mol. The van der Waals surface area contributed by atoms with E-state index in [9.17, 15) is 9.18 Å². The molecule has 0 aromatic carbocycles.